The second-order valence-corrected chi connectivity index (χ2v) is 5.12. The molecule has 5 nitrogen and oxygen atoms in total. The molecule has 0 aliphatic rings. The lowest BCUT2D eigenvalue weighted by Crippen LogP contribution is -2.30. The minimum absolute atomic E-state index is 0.0552. The highest BCUT2D eigenvalue weighted by atomic mass is 16.5. The van der Waals surface area contributed by atoms with Gasteiger partial charge in [-0.3, -0.25) is 4.79 Å². The van der Waals surface area contributed by atoms with Gasteiger partial charge in [0.25, 0.3) is 5.56 Å². The third-order valence-electron chi connectivity index (χ3n) is 3.37. The summed E-state index contributed by atoms with van der Waals surface area (Å²) >= 11 is 0. The summed E-state index contributed by atoms with van der Waals surface area (Å²) in [5.74, 6) is 0. The Morgan fingerprint density at radius 1 is 1.27 bits per heavy atom. The maximum atomic E-state index is 12.5. The first-order valence-electron chi connectivity index (χ1n) is 7.62. The minimum atomic E-state index is -0.0552. The Morgan fingerprint density at radius 3 is 2.73 bits per heavy atom. The number of methoxy groups -OCH3 is 1. The monoisotopic (exact) mass is 301 g/mol. The van der Waals surface area contributed by atoms with Crippen molar-refractivity contribution in [1.29, 1.82) is 0 Å². The zero-order valence-electron chi connectivity index (χ0n) is 13.2. The van der Waals surface area contributed by atoms with Crippen molar-refractivity contribution in [2.45, 2.75) is 26.4 Å². The van der Waals surface area contributed by atoms with Crippen LogP contribution in [-0.4, -0.2) is 30.0 Å². The van der Waals surface area contributed by atoms with Crippen molar-refractivity contribution in [1.82, 2.24) is 15.1 Å². The fourth-order valence-electron chi connectivity index (χ4n) is 2.20. The number of nitrogens with zero attached hydrogens (tertiary/aromatic N) is 2. The molecular formula is C17H23N3O2. The molecule has 2 rings (SSSR count). The average molecular weight is 301 g/mol. The van der Waals surface area contributed by atoms with Gasteiger partial charge in [-0.2, -0.15) is 5.10 Å². The standard InChI is InChI=1S/C17H23N3O2/c1-3-9-18-13-15-12-16(14-7-5-4-6-8-14)19-20(17(15)21)10-11-22-2/h4-8,12,18H,3,9-11,13H2,1-2H3. The van der Waals surface area contributed by atoms with Crippen LogP contribution in [-0.2, 0) is 17.8 Å². The molecule has 0 saturated heterocycles. The summed E-state index contributed by atoms with van der Waals surface area (Å²) in [5, 5.41) is 7.75. The fourth-order valence-corrected chi connectivity index (χ4v) is 2.20. The van der Waals surface area contributed by atoms with Gasteiger partial charge in [0.05, 0.1) is 18.8 Å². The lowest BCUT2D eigenvalue weighted by Gasteiger charge is -2.11. The Hall–Kier alpha value is -1.98. The van der Waals surface area contributed by atoms with Crippen LogP contribution in [0.4, 0.5) is 0 Å². The lowest BCUT2D eigenvalue weighted by molar-refractivity contribution is 0.182. The van der Waals surface area contributed by atoms with Crippen LogP contribution in [0.1, 0.15) is 18.9 Å². The Bertz CT molecular complexity index is 638. The Kier molecular flexibility index (Phi) is 6.30. The summed E-state index contributed by atoms with van der Waals surface area (Å²) in [6.07, 6.45) is 1.04. The number of hydrogen-bond donors (Lipinski definition) is 1. The van der Waals surface area contributed by atoms with Crippen molar-refractivity contribution >= 4 is 0 Å². The van der Waals surface area contributed by atoms with Gasteiger partial charge in [0.15, 0.2) is 0 Å². The molecule has 0 spiro atoms. The van der Waals surface area contributed by atoms with Gasteiger partial charge in [-0.1, -0.05) is 37.3 Å². The highest BCUT2D eigenvalue weighted by Crippen LogP contribution is 2.15. The van der Waals surface area contributed by atoms with Crippen molar-refractivity contribution in [2.75, 3.05) is 20.3 Å². The van der Waals surface area contributed by atoms with Crippen LogP contribution >= 0.6 is 0 Å². The van der Waals surface area contributed by atoms with Crippen LogP contribution in [0.5, 0.6) is 0 Å². The second-order valence-electron chi connectivity index (χ2n) is 5.12. The van der Waals surface area contributed by atoms with Gasteiger partial charge in [-0.05, 0) is 19.0 Å². The molecule has 0 aliphatic carbocycles. The number of ether oxygens (including phenoxy) is 1. The van der Waals surface area contributed by atoms with Gasteiger partial charge in [0.2, 0.25) is 0 Å². The molecule has 118 valence electrons. The molecule has 0 saturated carbocycles. The Labute approximate surface area is 130 Å². The molecule has 1 aromatic carbocycles. The van der Waals surface area contributed by atoms with E-state index in [1.807, 2.05) is 36.4 Å². The van der Waals surface area contributed by atoms with E-state index in [1.54, 1.807) is 7.11 Å². The summed E-state index contributed by atoms with van der Waals surface area (Å²) in [7, 11) is 1.62. The van der Waals surface area contributed by atoms with E-state index in [9.17, 15) is 4.79 Å². The highest BCUT2D eigenvalue weighted by Gasteiger charge is 2.09. The van der Waals surface area contributed by atoms with E-state index >= 15 is 0 Å². The number of rotatable bonds is 8. The van der Waals surface area contributed by atoms with E-state index in [1.165, 1.54) is 4.68 Å². The SMILES string of the molecule is CCCNCc1cc(-c2ccccc2)nn(CCOC)c1=O. The molecular weight excluding hydrogens is 278 g/mol. The third kappa shape index (κ3) is 4.26. The van der Waals surface area contributed by atoms with Crippen LogP contribution in [0.2, 0.25) is 0 Å². The normalized spacial score (nSPS) is 10.8. The molecule has 1 aromatic heterocycles. The fraction of sp³-hybridized carbons (Fsp3) is 0.412. The molecule has 5 heteroatoms. The zero-order valence-corrected chi connectivity index (χ0v) is 13.2. The molecule has 2 aromatic rings. The van der Waals surface area contributed by atoms with Crippen LogP contribution in [0.15, 0.2) is 41.2 Å². The van der Waals surface area contributed by atoms with E-state index in [-0.39, 0.29) is 5.56 Å². The van der Waals surface area contributed by atoms with Crippen LogP contribution < -0.4 is 10.9 Å². The molecule has 0 atom stereocenters. The van der Waals surface area contributed by atoms with E-state index in [4.69, 9.17) is 4.74 Å². The van der Waals surface area contributed by atoms with Crippen molar-refractivity contribution in [3.05, 3.63) is 52.3 Å². The molecule has 0 bridgehead atoms. The van der Waals surface area contributed by atoms with Gasteiger partial charge in [0.1, 0.15) is 0 Å². The second kappa shape index (κ2) is 8.46. The van der Waals surface area contributed by atoms with Crippen LogP contribution in [0, 0.1) is 0 Å². The van der Waals surface area contributed by atoms with Gasteiger partial charge in [0, 0.05) is 24.8 Å². The Balaban J connectivity index is 2.36. The molecule has 0 aliphatic heterocycles. The lowest BCUT2D eigenvalue weighted by atomic mass is 10.1. The molecule has 1 N–H and O–H groups in total. The van der Waals surface area contributed by atoms with Crippen molar-refractivity contribution in [3.63, 3.8) is 0 Å². The van der Waals surface area contributed by atoms with Gasteiger partial charge < -0.3 is 10.1 Å². The number of benzene rings is 1. The maximum absolute atomic E-state index is 12.5. The summed E-state index contributed by atoms with van der Waals surface area (Å²) in [6, 6.07) is 11.8. The predicted molar refractivity (Wildman–Crippen MR) is 87.8 cm³/mol. The molecule has 0 fully saturated rings. The van der Waals surface area contributed by atoms with Gasteiger partial charge in [-0.15, -0.1) is 0 Å². The predicted octanol–water partition coefficient (Wildman–Crippen LogP) is 2.06. The van der Waals surface area contributed by atoms with Crippen LogP contribution in [0.3, 0.4) is 0 Å². The molecule has 0 amide bonds. The first kappa shape index (κ1) is 16.4. The van der Waals surface area contributed by atoms with E-state index in [0.717, 1.165) is 29.8 Å². The van der Waals surface area contributed by atoms with Gasteiger partial charge in [-0.25, -0.2) is 4.68 Å². The molecule has 0 unspecified atom stereocenters. The average Bonchev–Trinajstić information content (AvgIpc) is 2.56. The maximum Gasteiger partial charge on any atom is 0.271 e. The van der Waals surface area contributed by atoms with Crippen LogP contribution in [0.25, 0.3) is 11.3 Å². The number of aromatic nitrogens is 2. The smallest absolute Gasteiger partial charge is 0.271 e. The first-order valence-corrected chi connectivity index (χ1v) is 7.62. The van der Waals surface area contributed by atoms with E-state index in [0.29, 0.717) is 19.7 Å². The third-order valence-corrected chi connectivity index (χ3v) is 3.37. The van der Waals surface area contributed by atoms with Crippen molar-refractivity contribution in [2.24, 2.45) is 0 Å². The van der Waals surface area contributed by atoms with Gasteiger partial charge >= 0.3 is 0 Å². The summed E-state index contributed by atoms with van der Waals surface area (Å²) in [4.78, 5) is 12.5. The summed E-state index contributed by atoms with van der Waals surface area (Å²) in [5.41, 5.74) is 2.49. The quantitative estimate of drug-likeness (QED) is 0.758. The summed E-state index contributed by atoms with van der Waals surface area (Å²) in [6.45, 7) is 4.47. The molecule has 0 radical (unpaired) electrons. The zero-order chi connectivity index (χ0) is 15.8. The number of hydrogen-bond acceptors (Lipinski definition) is 4. The largest absolute Gasteiger partial charge is 0.383 e. The van der Waals surface area contributed by atoms with Crippen molar-refractivity contribution < 1.29 is 4.74 Å². The first-order chi connectivity index (χ1) is 10.8. The van der Waals surface area contributed by atoms with E-state index in [2.05, 4.69) is 17.3 Å². The van der Waals surface area contributed by atoms with E-state index < -0.39 is 0 Å². The Morgan fingerprint density at radius 2 is 2.05 bits per heavy atom. The molecule has 22 heavy (non-hydrogen) atoms. The number of nitrogens with one attached hydrogen (secondary N) is 1. The molecule has 1 heterocycles. The topological polar surface area (TPSA) is 56.1 Å². The minimum Gasteiger partial charge on any atom is -0.383 e. The van der Waals surface area contributed by atoms with Crippen molar-refractivity contribution in [3.8, 4) is 11.3 Å². The summed E-state index contributed by atoms with van der Waals surface area (Å²) < 4.78 is 6.56. The highest BCUT2D eigenvalue weighted by molar-refractivity contribution is 5.58.